The number of nitrogens with zero attached hydrogens (tertiary/aromatic N) is 1. The lowest BCUT2D eigenvalue weighted by Crippen LogP contribution is -2.28. The van der Waals surface area contributed by atoms with Crippen LogP contribution in [-0.2, 0) is 0 Å². The molecule has 2 rings (SSSR count). The van der Waals surface area contributed by atoms with E-state index in [-0.39, 0.29) is 16.0 Å². The van der Waals surface area contributed by atoms with Gasteiger partial charge in [0.05, 0.1) is 17.6 Å². The SMILES string of the molecule is CCOc1cc(NCC2(C)CCCCC2)cc([N+](=O)[O-])c1. The van der Waals surface area contributed by atoms with Crippen LogP contribution in [0.15, 0.2) is 18.2 Å². The van der Waals surface area contributed by atoms with E-state index in [0.29, 0.717) is 12.4 Å². The highest BCUT2D eigenvalue weighted by Crippen LogP contribution is 2.36. The first kappa shape index (κ1) is 15.6. The molecular weight excluding hydrogens is 268 g/mol. The summed E-state index contributed by atoms with van der Waals surface area (Å²) >= 11 is 0. The number of nitro groups is 1. The van der Waals surface area contributed by atoms with Crippen molar-refractivity contribution in [2.45, 2.75) is 46.0 Å². The molecule has 0 aromatic heterocycles. The number of nitrogens with one attached hydrogen (secondary N) is 1. The van der Waals surface area contributed by atoms with Gasteiger partial charge in [0.15, 0.2) is 0 Å². The number of rotatable bonds is 6. The second kappa shape index (κ2) is 6.78. The molecule has 0 saturated heterocycles. The third kappa shape index (κ3) is 4.34. The summed E-state index contributed by atoms with van der Waals surface area (Å²) in [4.78, 5) is 10.6. The molecule has 1 aliphatic carbocycles. The van der Waals surface area contributed by atoms with Gasteiger partial charge in [0, 0.05) is 24.4 Å². The van der Waals surface area contributed by atoms with Gasteiger partial charge in [-0.1, -0.05) is 26.2 Å². The van der Waals surface area contributed by atoms with E-state index in [9.17, 15) is 10.1 Å². The van der Waals surface area contributed by atoms with Crippen LogP contribution in [0.1, 0.15) is 46.0 Å². The summed E-state index contributed by atoms with van der Waals surface area (Å²) in [6, 6.07) is 4.88. The molecule has 1 fully saturated rings. The lowest BCUT2D eigenvalue weighted by Gasteiger charge is -2.34. The lowest BCUT2D eigenvalue weighted by atomic mass is 9.76. The van der Waals surface area contributed by atoms with E-state index in [1.165, 1.54) is 38.2 Å². The molecule has 5 nitrogen and oxygen atoms in total. The molecule has 1 aliphatic rings. The van der Waals surface area contributed by atoms with Crippen LogP contribution in [-0.4, -0.2) is 18.1 Å². The molecule has 0 atom stereocenters. The fourth-order valence-corrected chi connectivity index (χ4v) is 2.94. The van der Waals surface area contributed by atoms with Gasteiger partial charge in [0.2, 0.25) is 0 Å². The highest BCUT2D eigenvalue weighted by atomic mass is 16.6. The predicted molar refractivity (Wildman–Crippen MR) is 83.9 cm³/mol. The maximum Gasteiger partial charge on any atom is 0.275 e. The van der Waals surface area contributed by atoms with Gasteiger partial charge in [-0.2, -0.15) is 0 Å². The zero-order valence-corrected chi connectivity index (χ0v) is 12.9. The Kier molecular flexibility index (Phi) is 5.04. The largest absolute Gasteiger partial charge is 0.494 e. The minimum atomic E-state index is -0.379. The van der Waals surface area contributed by atoms with E-state index < -0.39 is 0 Å². The fraction of sp³-hybridized carbons (Fsp3) is 0.625. The highest BCUT2D eigenvalue weighted by Gasteiger charge is 2.26. The molecule has 1 saturated carbocycles. The zero-order chi connectivity index (χ0) is 15.3. The van der Waals surface area contributed by atoms with E-state index in [1.807, 2.05) is 13.0 Å². The van der Waals surface area contributed by atoms with Crippen molar-refractivity contribution in [1.29, 1.82) is 0 Å². The Morgan fingerprint density at radius 3 is 2.62 bits per heavy atom. The maximum absolute atomic E-state index is 11.0. The Hall–Kier alpha value is -1.78. The van der Waals surface area contributed by atoms with Crippen molar-refractivity contribution in [3.63, 3.8) is 0 Å². The van der Waals surface area contributed by atoms with Crippen molar-refractivity contribution < 1.29 is 9.66 Å². The minimum absolute atomic E-state index is 0.0669. The van der Waals surface area contributed by atoms with Crippen molar-refractivity contribution in [2.75, 3.05) is 18.5 Å². The standard InChI is InChI=1S/C16H24N2O3/c1-3-21-15-10-13(9-14(11-15)18(19)20)17-12-16(2)7-5-4-6-8-16/h9-11,17H,3-8,12H2,1-2H3. The van der Waals surface area contributed by atoms with Crippen LogP contribution in [0.2, 0.25) is 0 Å². The van der Waals surface area contributed by atoms with E-state index in [2.05, 4.69) is 12.2 Å². The van der Waals surface area contributed by atoms with E-state index in [4.69, 9.17) is 4.74 Å². The summed E-state index contributed by atoms with van der Waals surface area (Å²) in [5.41, 5.74) is 1.12. The van der Waals surface area contributed by atoms with Crippen LogP contribution in [0.25, 0.3) is 0 Å². The average Bonchev–Trinajstić information content (AvgIpc) is 2.46. The molecule has 116 valence electrons. The third-order valence-corrected chi connectivity index (χ3v) is 4.19. The van der Waals surface area contributed by atoms with E-state index >= 15 is 0 Å². The Morgan fingerprint density at radius 1 is 1.29 bits per heavy atom. The number of hydrogen-bond donors (Lipinski definition) is 1. The minimum Gasteiger partial charge on any atom is -0.494 e. The Bertz CT molecular complexity index is 496. The summed E-state index contributed by atoms with van der Waals surface area (Å²) in [5.74, 6) is 0.544. The molecule has 0 amide bonds. The highest BCUT2D eigenvalue weighted by molar-refractivity contribution is 5.56. The second-order valence-electron chi connectivity index (χ2n) is 6.13. The zero-order valence-electron chi connectivity index (χ0n) is 12.9. The molecule has 0 bridgehead atoms. The first-order valence-electron chi connectivity index (χ1n) is 7.68. The number of hydrogen-bond acceptors (Lipinski definition) is 4. The third-order valence-electron chi connectivity index (χ3n) is 4.19. The number of non-ortho nitro benzene ring substituents is 1. The Labute approximate surface area is 125 Å². The quantitative estimate of drug-likeness (QED) is 0.624. The lowest BCUT2D eigenvalue weighted by molar-refractivity contribution is -0.384. The summed E-state index contributed by atoms with van der Waals surface area (Å²) in [6.07, 6.45) is 6.30. The van der Waals surface area contributed by atoms with Gasteiger partial charge in [-0.3, -0.25) is 10.1 Å². The molecule has 5 heteroatoms. The van der Waals surface area contributed by atoms with Crippen LogP contribution in [0.3, 0.4) is 0 Å². The topological polar surface area (TPSA) is 64.4 Å². The molecule has 0 heterocycles. The molecule has 0 spiro atoms. The van der Waals surface area contributed by atoms with Crippen molar-refractivity contribution in [1.82, 2.24) is 0 Å². The van der Waals surface area contributed by atoms with Gasteiger partial charge < -0.3 is 10.1 Å². The first-order chi connectivity index (χ1) is 10.0. The predicted octanol–water partition coefficient (Wildman–Crippen LogP) is 4.38. The molecule has 1 aromatic rings. The number of nitro benzene ring substituents is 1. The van der Waals surface area contributed by atoms with E-state index in [0.717, 1.165) is 12.2 Å². The van der Waals surface area contributed by atoms with Gasteiger partial charge in [-0.15, -0.1) is 0 Å². The second-order valence-corrected chi connectivity index (χ2v) is 6.13. The smallest absolute Gasteiger partial charge is 0.275 e. The monoisotopic (exact) mass is 292 g/mol. The number of anilines is 1. The van der Waals surface area contributed by atoms with Crippen LogP contribution < -0.4 is 10.1 Å². The molecule has 1 N–H and O–H groups in total. The van der Waals surface area contributed by atoms with Gasteiger partial charge >= 0.3 is 0 Å². The van der Waals surface area contributed by atoms with Crippen LogP contribution in [0, 0.1) is 15.5 Å². The molecular formula is C16H24N2O3. The maximum atomic E-state index is 11.0. The molecule has 21 heavy (non-hydrogen) atoms. The van der Waals surface area contributed by atoms with Gasteiger partial charge in [0.1, 0.15) is 5.75 Å². The summed E-state index contributed by atoms with van der Waals surface area (Å²) in [6.45, 7) is 5.51. The van der Waals surface area contributed by atoms with Crippen molar-refractivity contribution in [3.8, 4) is 5.75 Å². The first-order valence-corrected chi connectivity index (χ1v) is 7.68. The van der Waals surface area contributed by atoms with Gasteiger partial charge in [0.25, 0.3) is 5.69 Å². The van der Waals surface area contributed by atoms with Crippen LogP contribution >= 0.6 is 0 Å². The molecule has 1 aromatic carbocycles. The van der Waals surface area contributed by atoms with Crippen molar-refractivity contribution >= 4 is 11.4 Å². The van der Waals surface area contributed by atoms with Crippen molar-refractivity contribution in [3.05, 3.63) is 28.3 Å². The van der Waals surface area contributed by atoms with Crippen LogP contribution in [0.5, 0.6) is 5.75 Å². The summed E-state index contributed by atoms with van der Waals surface area (Å²) < 4.78 is 5.41. The van der Waals surface area contributed by atoms with Gasteiger partial charge in [-0.25, -0.2) is 0 Å². The normalized spacial score (nSPS) is 17.2. The van der Waals surface area contributed by atoms with Gasteiger partial charge in [-0.05, 0) is 25.2 Å². The summed E-state index contributed by atoms with van der Waals surface area (Å²) in [5, 5.41) is 14.4. The van der Waals surface area contributed by atoms with Crippen LogP contribution in [0.4, 0.5) is 11.4 Å². The fourth-order valence-electron chi connectivity index (χ4n) is 2.94. The molecule has 0 aliphatic heterocycles. The van der Waals surface area contributed by atoms with Crippen molar-refractivity contribution in [2.24, 2.45) is 5.41 Å². The Morgan fingerprint density at radius 2 is 2.00 bits per heavy atom. The Balaban J connectivity index is 2.09. The molecule has 0 radical (unpaired) electrons. The summed E-state index contributed by atoms with van der Waals surface area (Å²) in [7, 11) is 0. The number of benzene rings is 1. The number of ether oxygens (including phenoxy) is 1. The van der Waals surface area contributed by atoms with E-state index in [1.54, 1.807) is 6.07 Å². The molecule has 0 unspecified atom stereocenters. The average molecular weight is 292 g/mol.